The third-order valence-electron chi connectivity index (χ3n) is 3.79. The van der Waals surface area contributed by atoms with Crippen molar-refractivity contribution in [3.63, 3.8) is 0 Å². The number of aromatic amines is 1. The molecule has 9 heteroatoms. The Morgan fingerprint density at radius 1 is 1.50 bits per heavy atom. The summed E-state index contributed by atoms with van der Waals surface area (Å²) in [6.45, 7) is 3.78. The lowest BCUT2D eigenvalue weighted by atomic mass is 9.76. The van der Waals surface area contributed by atoms with Crippen molar-refractivity contribution in [1.29, 1.82) is 0 Å². The van der Waals surface area contributed by atoms with Gasteiger partial charge in [-0.05, 0) is 40.3 Å². The van der Waals surface area contributed by atoms with Crippen LogP contribution in [0.15, 0.2) is 0 Å². The van der Waals surface area contributed by atoms with E-state index < -0.39 is 5.54 Å². The van der Waals surface area contributed by atoms with Gasteiger partial charge in [0.05, 0.1) is 6.10 Å². The third-order valence-corrected chi connectivity index (χ3v) is 3.79. The Morgan fingerprint density at radius 2 is 2.27 bits per heavy atom. The van der Waals surface area contributed by atoms with E-state index in [0.29, 0.717) is 19.0 Å². The zero-order valence-corrected chi connectivity index (χ0v) is 13.4. The number of carbonyl (C=O) groups is 1. The first-order valence-electron chi connectivity index (χ1n) is 7.62. The summed E-state index contributed by atoms with van der Waals surface area (Å²) in [6, 6.07) is -0.229. The maximum absolute atomic E-state index is 12.2. The highest BCUT2D eigenvalue weighted by molar-refractivity contribution is 5.75. The Balaban J connectivity index is 1.84. The van der Waals surface area contributed by atoms with Gasteiger partial charge in [0.15, 0.2) is 5.82 Å². The first-order valence-corrected chi connectivity index (χ1v) is 7.62. The molecule has 0 radical (unpaired) electrons. The number of aromatic nitrogens is 4. The van der Waals surface area contributed by atoms with Gasteiger partial charge >= 0.3 is 6.03 Å². The quantitative estimate of drug-likeness (QED) is 0.616. The van der Waals surface area contributed by atoms with Gasteiger partial charge in [0.2, 0.25) is 0 Å². The van der Waals surface area contributed by atoms with Crippen LogP contribution in [-0.4, -0.2) is 71.5 Å². The molecule has 1 aliphatic carbocycles. The lowest BCUT2D eigenvalue weighted by Gasteiger charge is -2.39. The summed E-state index contributed by atoms with van der Waals surface area (Å²) in [7, 11) is 3.96. The van der Waals surface area contributed by atoms with E-state index >= 15 is 0 Å². The van der Waals surface area contributed by atoms with E-state index in [2.05, 4.69) is 31.3 Å². The highest BCUT2D eigenvalue weighted by atomic mass is 16.5. The van der Waals surface area contributed by atoms with Crippen LogP contribution in [0.5, 0.6) is 0 Å². The summed E-state index contributed by atoms with van der Waals surface area (Å²) in [5, 5.41) is 19.9. The fourth-order valence-electron chi connectivity index (χ4n) is 2.59. The molecule has 1 atom stereocenters. The van der Waals surface area contributed by atoms with Crippen molar-refractivity contribution < 1.29 is 9.53 Å². The minimum Gasteiger partial charge on any atom is -0.375 e. The summed E-state index contributed by atoms with van der Waals surface area (Å²) in [4.78, 5) is 14.2. The molecule has 3 N–H and O–H groups in total. The highest BCUT2D eigenvalue weighted by Gasteiger charge is 2.43. The van der Waals surface area contributed by atoms with Gasteiger partial charge in [-0.2, -0.15) is 5.21 Å². The molecule has 22 heavy (non-hydrogen) atoms. The van der Waals surface area contributed by atoms with Gasteiger partial charge in [-0.1, -0.05) is 5.21 Å². The number of nitrogens with one attached hydrogen (secondary N) is 3. The Bertz CT molecular complexity index is 459. The number of hydrogen-bond donors (Lipinski definition) is 3. The van der Waals surface area contributed by atoms with E-state index in [-0.39, 0.29) is 12.1 Å². The van der Waals surface area contributed by atoms with Crippen molar-refractivity contribution in [3.05, 3.63) is 5.82 Å². The summed E-state index contributed by atoms with van der Waals surface area (Å²) in [5.74, 6) is 0.545. The number of hydrogen-bond acceptors (Lipinski definition) is 6. The SMILES string of the molecule is CCOC(CNC(=O)NC1(c2nn[nH]n2)CCC1)CN(C)C. The van der Waals surface area contributed by atoms with Crippen LogP contribution >= 0.6 is 0 Å². The Morgan fingerprint density at radius 3 is 2.77 bits per heavy atom. The van der Waals surface area contributed by atoms with Gasteiger partial charge in [-0.3, -0.25) is 0 Å². The number of rotatable bonds is 8. The maximum atomic E-state index is 12.2. The van der Waals surface area contributed by atoms with Gasteiger partial charge in [0.1, 0.15) is 5.54 Å². The van der Waals surface area contributed by atoms with Crippen LogP contribution in [0.25, 0.3) is 0 Å². The van der Waals surface area contributed by atoms with E-state index in [1.807, 2.05) is 25.9 Å². The maximum Gasteiger partial charge on any atom is 0.315 e. The van der Waals surface area contributed by atoms with E-state index in [1.165, 1.54) is 0 Å². The molecule has 1 saturated carbocycles. The van der Waals surface area contributed by atoms with Crippen LogP contribution in [0.3, 0.4) is 0 Å². The van der Waals surface area contributed by atoms with Crippen LogP contribution in [0.4, 0.5) is 4.79 Å². The third kappa shape index (κ3) is 4.14. The summed E-state index contributed by atoms with van der Waals surface area (Å²) < 4.78 is 5.62. The number of H-pyrrole nitrogens is 1. The topological polar surface area (TPSA) is 108 Å². The first kappa shape index (κ1) is 16.6. The molecule has 1 aromatic rings. The molecule has 1 fully saturated rings. The summed E-state index contributed by atoms with van der Waals surface area (Å²) in [6.07, 6.45) is 2.66. The lowest BCUT2D eigenvalue weighted by molar-refractivity contribution is 0.0454. The minimum absolute atomic E-state index is 0.0340. The van der Waals surface area contributed by atoms with Crippen molar-refractivity contribution in [2.24, 2.45) is 0 Å². The van der Waals surface area contributed by atoms with Crippen LogP contribution in [-0.2, 0) is 10.3 Å². The standard InChI is InChI=1S/C13H25N7O2/c1-4-22-10(9-20(2)3)8-14-12(21)15-13(6-5-7-13)11-16-18-19-17-11/h10H,4-9H2,1-3H3,(H2,14,15,21)(H,16,17,18,19). The predicted octanol–water partition coefficient (Wildman–Crippen LogP) is -0.155. The smallest absolute Gasteiger partial charge is 0.315 e. The Hall–Kier alpha value is -1.74. The molecule has 124 valence electrons. The Kier molecular flexibility index (Phi) is 5.67. The number of carbonyl (C=O) groups excluding carboxylic acids is 1. The summed E-state index contributed by atoms with van der Waals surface area (Å²) >= 11 is 0. The van der Waals surface area contributed by atoms with Gasteiger partial charge < -0.3 is 20.3 Å². The fourth-order valence-corrected chi connectivity index (χ4v) is 2.59. The van der Waals surface area contributed by atoms with Crippen molar-refractivity contribution >= 4 is 6.03 Å². The molecule has 0 spiro atoms. The monoisotopic (exact) mass is 311 g/mol. The number of tetrazole rings is 1. The fraction of sp³-hybridized carbons (Fsp3) is 0.846. The molecule has 0 saturated heterocycles. The van der Waals surface area contributed by atoms with Crippen LogP contribution in [0.1, 0.15) is 32.0 Å². The van der Waals surface area contributed by atoms with E-state index in [9.17, 15) is 4.79 Å². The van der Waals surface area contributed by atoms with E-state index in [4.69, 9.17) is 4.74 Å². The zero-order valence-electron chi connectivity index (χ0n) is 13.4. The Labute approximate surface area is 130 Å². The second kappa shape index (κ2) is 7.50. The molecule has 2 amide bonds. The summed E-state index contributed by atoms with van der Waals surface area (Å²) in [5.41, 5.74) is -0.486. The molecule has 0 bridgehead atoms. The largest absolute Gasteiger partial charge is 0.375 e. The van der Waals surface area contributed by atoms with E-state index in [0.717, 1.165) is 25.8 Å². The molecule has 1 heterocycles. The van der Waals surface area contributed by atoms with Gasteiger partial charge in [-0.15, -0.1) is 10.2 Å². The van der Waals surface area contributed by atoms with Crippen molar-refractivity contribution in [2.45, 2.75) is 37.8 Å². The number of urea groups is 1. The molecule has 0 aromatic carbocycles. The van der Waals surface area contributed by atoms with Crippen molar-refractivity contribution in [1.82, 2.24) is 36.2 Å². The number of likely N-dealkylation sites (N-methyl/N-ethyl adjacent to an activating group) is 1. The second-order valence-electron chi connectivity index (χ2n) is 5.85. The van der Waals surface area contributed by atoms with Crippen LogP contribution in [0, 0.1) is 0 Å². The average Bonchev–Trinajstić information content (AvgIpc) is 2.94. The van der Waals surface area contributed by atoms with E-state index in [1.54, 1.807) is 0 Å². The highest BCUT2D eigenvalue weighted by Crippen LogP contribution is 2.38. The molecule has 1 aliphatic rings. The van der Waals surface area contributed by atoms with Gasteiger partial charge in [0, 0.05) is 19.7 Å². The molecule has 1 unspecified atom stereocenters. The van der Waals surface area contributed by atoms with Crippen molar-refractivity contribution in [3.8, 4) is 0 Å². The molecule has 2 rings (SSSR count). The van der Waals surface area contributed by atoms with Gasteiger partial charge in [0.25, 0.3) is 0 Å². The number of nitrogens with zero attached hydrogens (tertiary/aromatic N) is 4. The van der Waals surface area contributed by atoms with Crippen LogP contribution < -0.4 is 10.6 Å². The van der Waals surface area contributed by atoms with Crippen molar-refractivity contribution in [2.75, 3.05) is 33.8 Å². The molecule has 0 aliphatic heterocycles. The minimum atomic E-state index is -0.486. The average molecular weight is 311 g/mol. The lowest BCUT2D eigenvalue weighted by Crippen LogP contribution is -2.55. The zero-order chi connectivity index (χ0) is 16.0. The molecule has 1 aromatic heterocycles. The normalized spacial score (nSPS) is 17.8. The molecule has 9 nitrogen and oxygen atoms in total. The molecular weight excluding hydrogens is 286 g/mol. The number of ether oxygens (including phenoxy) is 1. The number of amides is 2. The second-order valence-corrected chi connectivity index (χ2v) is 5.85. The first-order chi connectivity index (χ1) is 10.6. The predicted molar refractivity (Wildman–Crippen MR) is 80.2 cm³/mol. The van der Waals surface area contributed by atoms with Gasteiger partial charge in [-0.25, -0.2) is 4.79 Å². The van der Waals surface area contributed by atoms with Crippen LogP contribution in [0.2, 0.25) is 0 Å². The molecular formula is C13H25N7O2.